The van der Waals surface area contributed by atoms with Crippen molar-refractivity contribution in [1.29, 1.82) is 0 Å². The van der Waals surface area contributed by atoms with Gasteiger partial charge in [-0.25, -0.2) is 0 Å². The topological polar surface area (TPSA) is 26.7 Å². The van der Waals surface area contributed by atoms with Crippen molar-refractivity contribution in [3.63, 3.8) is 0 Å². The van der Waals surface area contributed by atoms with Gasteiger partial charge in [0.15, 0.2) is 0 Å². The van der Waals surface area contributed by atoms with Crippen molar-refractivity contribution in [2.24, 2.45) is 0 Å². The zero-order chi connectivity index (χ0) is 9.84. The van der Waals surface area contributed by atoms with E-state index in [-0.39, 0.29) is 0 Å². The summed E-state index contributed by atoms with van der Waals surface area (Å²) < 4.78 is 0. The van der Waals surface area contributed by atoms with Gasteiger partial charge in [0.05, 0.1) is 6.61 Å². The lowest BCUT2D eigenvalue weighted by atomic mass is 10.2. The van der Waals surface area contributed by atoms with Crippen LogP contribution in [0.5, 0.6) is 0 Å². The van der Waals surface area contributed by atoms with Gasteiger partial charge in [-0.3, -0.25) is 4.90 Å². The Hall–Kier alpha value is -0.120. The van der Waals surface area contributed by atoms with Crippen molar-refractivity contribution in [2.75, 3.05) is 33.3 Å². The minimum absolute atomic E-state index is 0.312. The van der Waals surface area contributed by atoms with Crippen LogP contribution in [0.3, 0.4) is 0 Å². The number of hydrogen-bond donors (Lipinski definition) is 1. The molecule has 0 aromatic heterocycles. The lowest BCUT2D eigenvalue weighted by Gasteiger charge is -2.31. The zero-order valence-electron chi connectivity index (χ0n) is 9.03. The second-order valence-corrected chi connectivity index (χ2v) is 3.70. The smallest absolute Gasteiger partial charge is 0.0558 e. The monoisotopic (exact) mass is 186 g/mol. The number of piperazine rings is 1. The number of nitrogens with zero attached hydrogens (tertiary/aromatic N) is 2. The molecule has 78 valence electrons. The molecule has 0 spiro atoms. The fourth-order valence-corrected chi connectivity index (χ4v) is 2.35. The minimum atomic E-state index is 0.312. The highest BCUT2D eigenvalue weighted by molar-refractivity contribution is 4.97. The molecular formula is C10H22N2O. The third kappa shape index (κ3) is 2.22. The third-order valence-corrected chi connectivity index (χ3v) is 3.02. The van der Waals surface area contributed by atoms with Crippen molar-refractivity contribution >= 4 is 0 Å². The number of fused-ring (bicyclic) bond motifs is 2. The molecule has 2 fully saturated rings. The van der Waals surface area contributed by atoms with Crippen LogP contribution in [0.4, 0.5) is 0 Å². The van der Waals surface area contributed by atoms with Gasteiger partial charge in [-0.15, -0.1) is 0 Å². The van der Waals surface area contributed by atoms with E-state index in [0.29, 0.717) is 6.61 Å². The van der Waals surface area contributed by atoms with Crippen LogP contribution < -0.4 is 0 Å². The summed E-state index contributed by atoms with van der Waals surface area (Å²) >= 11 is 0. The van der Waals surface area contributed by atoms with Gasteiger partial charge in [0.2, 0.25) is 0 Å². The highest BCUT2D eigenvalue weighted by Gasteiger charge is 2.40. The first kappa shape index (κ1) is 11.0. The standard InChI is InChI=1S/C8H16N2O.C2H6/c1-9-5-8-4-7(9)6-10(8)2-3-11;1-2/h7-8,11H,2-6H2,1H3;1-2H3. The second kappa shape index (κ2) is 4.94. The molecule has 2 rings (SSSR count). The lowest BCUT2D eigenvalue weighted by molar-refractivity contribution is 0.124. The molecule has 2 bridgehead atoms. The Morgan fingerprint density at radius 3 is 2.31 bits per heavy atom. The molecule has 0 aliphatic carbocycles. The summed E-state index contributed by atoms with van der Waals surface area (Å²) in [6, 6.07) is 1.50. The van der Waals surface area contributed by atoms with Crippen molar-refractivity contribution in [2.45, 2.75) is 32.4 Å². The average Bonchev–Trinajstić information content (AvgIpc) is 2.67. The highest BCUT2D eigenvalue weighted by atomic mass is 16.3. The molecule has 13 heavy (non-hydrogen) atoms. The normalized spacial score (nSPS) is 33.2. The first-order valence-corrected chi connectivity index (χ1v) is 5.36. The molecule has 0 aromatic rings. The van der Waals surface area contributed by atoms with E-state index in [9.17, 15) is 0 Å². The van der Waals surface area contributed by atoms with E-state index in [1.54, 1.807) is 0 Å². The molecule has 0 amide bonds. The second-order valence-electron chi connectivity index (χ2n) is 3.70. The molecule has 2 aliphatic heterocycles. The highest BCUT2D eigenvalue weighted by Crippen LogP contribution is 2.28. The molecule has 2 saturated heterocycles. The first-order valence-electron chi connectivity index (χ1n) is 5.36. The molecule has 0 radical (unpaired) electrons. The Labute approximate surface area is 81.3 Å². The van der Waals surface area contributed by atoms with E-state index in [1.807, 2.05) is 13.8 Å². The number of aliphatic hydroxyl groups excluding tert-OH is 1. The molecule has 2 aliphatic rings. The van der Waals surface area contributed by atoms with E-state index < -0.39 is 0 Å². The van der Waals surface area contributed by atoms with Crippen LogP contribution in [0.2, 0.25) is 0 Å². The fourth-order valence-electron chi connectivity index (χ4n) is 2.35. The number of likely N-dealkylation sites (tertiary alicyclic amines) is 2. The maximum Gasteiger partial charge on any atom is 0.0558 e. The lowest BCUT2D eigenvalue weighted by Crippen LogP contribution is -2.45. The average molecular weight is 186 g/mol. The van der Waals surface area contributed by atoms with Gasteiger partial charge in [-0.2, -0.15) is 0 Å². The third-order valence-electron chi connectivity index (χ3n) is 3.02. The van der Waals surface area contributed by atoms with E-state index in [0.717, 1.165) is 18.6 Å². The van der Waals surface area contributed by atoms with Crippen LogP contribution in [0.1, 0.15) is 20.3 Å². The van der Waals surface area contributed by atoms with Gasteiger partial charge >= 0.3 is 0 Å². The molecule has 2 atom stereocenters. The van der Waals surface area contributed by atoms with Gasteiger partial charge in [0.25, 0.3) is 0 Å². The Morgan fingerprint density at radius 2 is 1.92 bits per heavy atom. The quantitative estimate of drug-likeness (QED) is 0.676. The van der Waals surface area contributed by atoms with Gasteiger partial charge in [0, 0.05) is 31.7 Å². The number of β-amino-alcohol motifs (C(OH)–C–C–N with tert-alkyl or cyclic N) is 1. The number of aliphatic hydroxyl groups is 1. The Bertz CT molecular complexity index is 150. The zero-order valence-corrected chi connectivity index (χ0v) is 9.03. The largest absolute Gasteiger partial charge is 0.395 e. The summed E-state index contributed by atoms with van der Waals surface area (Å²) in [6.07, 6.45) is 1.32. The summed E-state index contributed by atoms with van der Waals surface area (Å²) in [5.74, 6) is 0. The van der Waals surface area contributed by atoms with Crippen molar-refractivity contribution < 1.29 is 5.11 Å². The van der Waals surface area contributed by atoms with Gasteiger partial charge in [0.1, 0.15) is 0 Å². The van der Waals surface area contributed by atoms with Crippen molar-refractivity contribution in [3.8, 4) is 0 Å². The van der Waals surface area contributed by atoms with E-state index in [2.05, 4.69) is 16.8 Å². The predicted octanol–water partition coefficient (Wildman–Crippen LogP) is 0.393. The van der Waals surface area contributed by atoms with E-state index >= 15 is 0 Å². The fraction of sp³-hybridized carbons (Fsp3) is 1.00. The van der Waals surface area contributed by atoms with Gasteiger partial charge < -0.3 is 10.0 Å². The van der Waals surface area contributed by atoms with Crippen LogP contribution >= 0.6 is 0 Å². The maximum atomic E-state index is 8.77. The van der Waals surface area contributed by atoms with Gasteiger partial charge in [-0.05, 0) is 13.5 Å². The minimum Gasteiger partial charge on any atom is -0.395 e. The Balaban J connectivity index is 0.000000396. The number of hydrogen-bond acceptors (Lipinski definition) is 3. The molecule has 1 N–H and O–H groups in total. The predicted molar refractivity (Wildman–Crippen MR) is 54.8 cm³/mol. The first-order chi connectivity index (χ1) is 6.31. The molecule has 2 heterocycles. The van der Waals surface area contributed by atoms with E-state index in [4.69, 9.17) is 5.11 Å². The molecule has 3 nitrogen and oxygen atoms in total. The summed E-state index contributed by atoms with van der Waals surface area (Å²) in [5.41, 5.74) is 0. The number of rotatable bonds is 2. The Morgan fingerprint density at radius 1 is 1.23 bits per heavy atom. The van der Waals surface area contributed by atoms with Crippen LogP contribution in [-0.2, 0) is 0 Å². The van der Waals surface area contributed by atoms with Crippen LogP contribution in [0.25, 0.3) is 0 Å². The van der Waals surface area contributed by atoms with Crippen molar-refractivity contribution in [1.82, 2.24) is 9.80 Å². The van der Waals surface area contributed by atoms with Crippen LogP contribution in [-0.4, -0.2) is 60.3 Å². The summed E-state index contributed by atoms with van der Waals surface area (Å²) in [7, 11) is 2.20. The van der Waals surface area contributed by atoms with Crippen LogP contribution in [0, 0.1) is 0 Å². The van der Waals surface area contributed by atoms with E-state index in [1.165, 1.54) is 19.5 Å². The number of likely N-dealkylation sites (N-methyl/N-ethyl adjacent to an activating group) is 1. The SMILES string of the molecule is CC.CN1CC2CC1CN2CCO. The summed E-state index contributed by atoms with van der Waals surface area (Å²) in [5, 5.41) is 8.77. The summed E-state index contributed by atoms with van der Waals surface area (Å²) in [6.45, 7) is 7.55. The summed E-state index contributed by atoms with van der Waals surface area (Å²) in [4.78, 5) is 4.84. The molecule has 0 aromatic carbocycles. The maximum absolute atomic E-state index is 8.77. The molecule has 0 saturated carbocycles. The molecular weight excluding hydrogens is 164 g/mol. The Kier molecular flexibility index (Phi) is 4.16. The molecule has 2 unspecified atom stereocenters. The van der Waals surface area contributed by atoms with Crippen LogP contribution in [0.15, 0.2) is 0 Å². The van der Waals surface area contributed by atoms with Gasteiger partial charge in [-0.1, -0.05) is 13.8 Å². The molecule has 3 heteroatoms. The van der Waals surface area contributed by atoms with Crippen molar-refractivity contribution in [3.05, 3.63) is 0 Å².